The highest BCUT2D eigenvalue weighted by molar-refractivity contribution is 5.96. The third-order valence-corrected chi connectivity index (χ3v) is 3.08. The molecule has 0 aromatic heterocycles. The van der Waals surface area contributed by atoms with Crippen molar-refractivity contribution in [3.05, 3.63) is 23.8 Å². The van der Waals surface area contributed by atoms with E-state index in [0.29, 0.717) is 0 Å². The van der Waals surface area contributed by atoms with Crippen molar-refractivity contribution in [2.24, 2.45) is 0 Å². The predicted molar refractivity (Wildman–Crippen MR) is 69.1 cm³/mol. The molecule has 1 aliphatic heterocycles. The molecule has 1 aromatic rings. The molecule has 6 heteroatoms. The average molecular weight is 264 g/mol. The zero-order chi connectivity index (χ0) is 13.8. The van der Waals surface area contributed by atoms with Crippen molar-refractivity contribution in [3.63, 3.8) is 0 Å². The Morgan fingerprint density at radius 2 is 2.00 bits per heavy atom. The summed E-state index contributed by atoms with van der Waals surface area (Å²) in [5.41, 5.74) is 5.62. The molecule has 0 radical (unpaired) electrons. The molecule has 0 aliphatic carbocycles. The Morgan fingerprint density at radius 3 is 2.63 bits per heavy atom. The minimum atomic E-state index is -1.17. The first-order valence-electron chi connectivity index (χ1n) is 6.12. The number of carboxylic acid groups (broad SMARTS) is 1. The van der Waals surface area contributed by atoms with Crippen LogP contribution in [0.25, 0.3) is 0 Å². The van der Waals surface area contributed by atoms with Gasteiger partial charge >= 0.3 is 5.97 Å². The molecule has 2 rings (SSSR count). The molecule has 0 spiro atoms. The number of hydrogen-bond acceptors (Lipinski definition) is 4. The van der Waals surface area contributed by atoms with Gasteiger partial charge < -0.3 is 20.5 Å². The third kappa shape index (κ3) is 2.96. The number of carbonyl (C=O) groups excluding carboxylic acids is 1. The molecular weight excluding hydrogens is 248 g/mol. The molecule has 6 nitrogen and oxygen atoms in total. The van der Waals surface area contributed by atoms with E-state index in [0.717, 1.165) is 25.9 Å². The van der Waals surface area contributed by atoms with Crippen LogP contribution in [-0.2, 0) is 4.79 Å². The summed E-state index contributed by atoms with van der Waals surface area (Å²) < 4.78 is 5.30. The number of rotatable bonds is 4. The van der Waals surface area contributed by atoms with Crippen LogP contribution in [0.5, 0.6) is 5.75 Å². The Labute approximate surface area is 110 Å². The fourth-order valence-electron chi connectivity index (χ4n) is 2.09. The van der Waals surface area contributed by atoms with Gasteiger partial charge in [-0.05, 0) is 25.0 Å². The second-order valence-electron chi connectivity index (χ2n) is 4.40. The highest BCUT2D eigenvalue weighted by atomic mass is 16.5. The number of nitrogens with zero attached hydrogens (tertiary/aromatic N) is 1. The number of nitrogen functional groups attached to an aromatic ring is 1. The molecular formula is C13H16N2O4. The molecule has 0 unspecified atom stereocenters. The number of amides is 1. The largest absolute Gasteiger partial charge is 0.483 e. The lowest BCUT2D eigenvalue weighted by Crippen LogP contribution is -2.32. The van der Waals surface area contributed by atoms with Gasteiger partial charge in [0.05, 0.1) is 0 Å². The SMILES string of the molecule is Nc1cccc(OCC(=O)N2CCCC2)c1C(=O)O. The third-order valence-electron chi connectivity index (χ3n) is 3.08. The topological polar surface area (TPSA) is 92.9 Å². The Morgan fingerprint density at radius 1 is 1.32 bits per heavy atom. The number of aromatic carboxylic acids is 1. The van der Waals surface area contributed by atoms with Gasteiger partial charge in [0.25, 0.3) is 5.91 Å². The fraction of sp³-hybridized carbons (Fsp3) is 0.385. The van der Waals surface area contributed by atoms with Gasteiger partial charge in [0.1, 0.15) is 11.3 Å². The molecule has 1 aliphatic rings. The van der Waals surface area contributed by atoms with Crippen LogP contribution in [0, 0.1) is 0 Å². The van der Waals surface area contributed by atoms with Crippen molar-refractivity contribution in [1.82, 2.24) is 4.90 Å². The van der Waals surface area contributed by atoms with Crippen molar-refractivity contribution in [2.45, 2.75) is 12.8 Å². The summed E-state index contributed by atoms with van der Waals surface area (Å²) in [7, 11) is 0. The van der Waals surface area contributed by atoms with Gasteiger partial charge in [-0.15, -0.1) is 0 Å². The van der Waals surface area contributed by atoms with Crippen LogP contribution >= 0.6 is 0 Å². The predicted octanol–water partition coefficient (Wildman–Crippen LogP) is 0.968. The Hall–Kier alpha value is -2.24. The maximum absolute atomic E-state index is 11.8. The van der Waals surface area contributed by atoms with E-state index in [2.05, 4.69) is 0 Å². The molecule has 1 heterocycles. The van der Waals surface area contributed by atoms with Crippen LogP contribution < -0.4 is 10.5 Å². The lowest BCUT2D eigenvalue weighted by atomic mass is 10.1. The minimum absolute atomic E-state index is 0.100. The maximum Gasteiger partial charge on any atom is 0.341 e. The summed E-state index contributed by atoms with van der Waals surface area (Å²) in [6, 6.07) is 4.58. The first-order valence-corrected chi connectivity index (χ1v) is 6.12. The summed E-state index contributed by atoms with van der Waals surface area (Å²) in [5, 5.41) is 9.07. The number of carbonyl (C=O) groups is 2. The van der Waals surface area contributed by atoms with Crippen LogP contribution in [0.4, 0.5) is 5.69 Å². The van der Waals surface area contributed by atoms with Crippen molar-refractivity contribution < 1.29 is 19.4 Å². The number of nitrogens with two attached hydrogens (primary N) is 1. The fourth-order valence-corrected chi connectivity index (χ4v) is 2.09. The zero-order valence-corrected chi connectivity index (χ0v) is 10.5. The molecule has 102 valence electrons. The normalized spacial score (nSPS) is 14.4. The molecule has 1 aromatic carbocycles. The highest BCUT2D eigenvalue weighted by Gasteiger charge is 2.20. The lowest BCUT2D eigenvalue weighted by molar-refractivity contribution is -0.132. The van der Waals surface area contributed by atoms with E-state index in [-0.39, 0.29) is 29.5 Å². The Kier molecular flexibility index (Phi) is 3.89. The van der Waals surface area contributed by atoms with Gasteiger partial charge in [-0.2, -0.15) is 0 Å². The monoisotopic (exact) mass is 264 g/mol. The number of carboxylic acids is 1. The summed E-state index contributed by atoms with van der Waals surface area (Å²) >= 11 is 0. The number of ether oxygens (including phenoxy) is 1. The highest BCUT2D eigenvalue weighted by Crippen LogP contribution is 2.24. The second kappa shape index (κ2) is 5.60. The number of benzene rings is 1. The van der Waals surface area contributed by atoms with Gasteiger partial charge in [0.15, 0.2) is 6.61 Å². The number of anilines is 1. The van der Waals surface area contributed by atoms with Crippen LogP contribution in [0.3, 0.4) is 0 Å². The van der Waals surface area contributed by atoms with E-state index in [4.69, 9.17) is 15.6 Å². The Bertz CT molecular complexity index is 495. The Balaban J connectivity index is 2.05. The van der Waals surface area contributed by atoms with Crippen molar-refractivity contribution >= 4 is 17.6 Å². The van der Waals surface area contributed by atoms with E-state index in [1.165, 1.54) is 12.1 Å². The van der Waals surface area contributed by atoms with Crippen LogP contribution in [0.1, 0.15) is 23.2 Å². The molecule has 1 saturated heterocycles. The molecule has 1 amide bonds. The standard InChI is InChI=1S/C13H16N2O4/c14-9-4-3-5-10(12(9)13(17)18)19-8-11(16)15-6-1-2-7-15/h3-5H,1-2,6-8,14H2,(H,17,18). The van der Waals surface area contributed by atoms with Gasteiger partial charge in [-0.3, -0.25) is 4.79 Å². The van der Waals surface area contributed by atoms with Gasteiger partial charge in [0.2, 0.25) is 0 Å². The molecule has 0 atom stereocenters. The van der Waals surface area contributed by atoms with Crippen LogP contribution in [0.2, 0.25) is 0 Å². The van der Waals surface area contributed by atoms with Crippen LogP contribution in [0.15, 0.2) is 18.2 Å². The van der Waals surface area contributed by atoms with E-state index < -0.39 is 5.97 Å². The van der Waals surface area contributed by atoms with Crippen LogP contribution in [-0.4, -0.2) is 41.6 Å². The van der Waals surface area contributed by atoms with E-state index in [1.807, 2.05) is 0 Å². The minimum Gasteiger partial charge on any atom is -0.483 e. The first-order chi connectivity index (χ1) is 9.09. The van der Waals surface area contributed by atoms with Gasteiger partial charge in [0, 0.05) is 18.8 Å². The maximum atomic E-state index is 11.8. The smallest absolute Gasteiger partial charge is 0.341 e. The molecule has 1 fully saturated rings. The average Bonchev–Trinajstić information content (AvgIpc) is 2.89. The quantitative estimate of drug-likeness (QED) is 0.790. The molecule has 0 bridgehead atoms. The van der Waals surface area contributed by atoms with E-state index in [1.54, 1.807) is 11.0 Å². The summed E-state index contributed by atoms with van der Waals surface area (Å²) in [6.45, 7) is 1.32. The van der Waals surface area contributed by atoms with Crippen molar-refractivity contribution in [1.29, 1.82) is 0 Å². The second-order valence-corrected chi connectivity index (χ2v) is 4.40. The van der Waals surface area contributed by atoms with Crippen molar-refractivity contribution in [2.75, 3.05) is 25.4 Å². The molecule has 3 N–H and O–H groups in total. The van der Waals surface area contributed by atoms with Gasteiger partial charge in [-0.25, -0.2) is 4.79 Å². The number of likely N-dealkylation sites (tertiary alicyclic amines) is 1. The van der Waals surface area contributed by atoms with Gasteiger partial charge in [-0.1, -0.05) is 6.07 Å². The molecule has 0 saturated carbocycles. The zero-order valence-electron chi connectivity index (χ0n) is 10.5. The van der Waals surface area contributed by atoms with Crippen molar-refractivity contribution in [3.8, 4) is 5.75 Å². The first kappa shape index (κ1) is 13.2. The summed E-state index contributed by atoms with van der Waals surface area (Å²) in [4.78, 5) is 24.6. The van der Waals surface area contributed by atoms with E-state index in [9.17, 15) is 9.59 Å². The molecule has 19 heavy (non-hydrogen) atoms. The lowest BCUT2D eigenvalue weighted by Gasteiger charge is -2.16. The van der Waals surface area contributed by atoms with E-state index >= 15 is 0 Å². The summed E-state index contributed by atoms with van der Waals surface area (Å²) in [6.07, 6.45) is 2.01. The summed E-state index contributed by atoms with van der Waals surface area (Å²) in [5.74, 6) is -1.17. The number of hydrogen-bond donors (Lipinski definition) is 2.